The molecule has 1 amide bonds. The molecular formula is C25H24N2O3. The molecule has 1 N–H and O–H groups in total. The Morgan fingerprint density at radius 3 is 2.27 bits per heavy atom. The summed E-state index contributed by atoms with van der Waals surface area (Å²) in [6.45, 7) is 5.75. The average Bonchev–Trinajstić information content (AvgIpc) is 2.79. The van der Waals surface area contributed by atoms with Crippen LogP contribution in [0.4, 0.5) is 0 Å². The summed E-state index contributed by atoms with van der Waals surface area (Å²) in [7, 11) is 0. The summed E-state index contributed by atoms with van der Waals surface area (Å²) in [6, 6.07) is 25.1. The van der Waals surface area contributed by atoms with E-state index in [1.54, 1.807) is 19.2 Å². The number of nitrogens with one attached hydrogen (secondary N) is 1. The molecule has 0 spiro atoms. The molecule has 3 aromatic carbocycles. The van der Waals surface area contributed by atoms with Gasteiger partial charge in [-0.2, -0.15) is 5.10 Å². The lowest BCUT2D eigenvalue weighted by atomic mass is 10.1. The number of rotatable bonds is 9. The fourth-order valence-electron chi connectivity index (χ4n) is 2.68. The summed E-state index contributed by atoms with van der Waals surface area (Å²) in [5.74, 6) is 1.04. The molecule has 5 heteroatoms. The van der Waals surface area contributed by atoms with E-state index in [1.165, 1.54) is 0 Å². The number of nitrogens with zero attached hydrogens (tertiary/aromatic N) is 1. The van der Waals surface area contributed by atoms with E-state index in [1.807, 2.05) is 78.9 Å². The first-order valence-corrected chi connectivity index (χ1v) is 9.64. The molecule has 0 saturated carbocycles. The SMILES string of the molecule is C=CCOc1ccc(C=NNC(=O)C(C)Oc2ccc(-c3ccccc3)cc2)cc1. The zero-order valence-corrected chi connectivity index (χ0v) is 16.8. The van der Waals surface area contributed by atoms with Gasteiger partial charge in [0.05, 0.1) is 6.21 Å². The van der Waals surface area contributed by atoms with Crippen LogP contribution in [0, 0.1) is 0 Å². The Bertz CT molecular complexity index is 981. The number of ether oxygens (including phenoxy) is 2. The molecule has 0 aromatic heterocycles. The molecule has 0 bridgehead atoms. The van der Waals surface area contributed by atoms with Crippen LogP contribution >= 0.6 is 0 Å². The van der Waals surface area contributed by atoms with Crippen LogP contribution in [-0.4, -0.2) is 24.8 Å². The van der Waals surface area contributed by atoms with Crippen molar-refractivity contribution in [1.82, 2.24) is 5.43 Å². The Kier molecular flexibility index (Phi) is 7.39. The topological polar surface area (TPSA) is 59.9 Å². The van der Waals surface area contributed by atoms with Crippen LogP contribution in [0.25, 0.3) is 11.1 Å². The second-order valence-corrected chi connectivity index (χ2v) is 6.55. The van der Waals surface area contributed by atoms with Crippen molar-refractivity contribution in [1.29, 1.82) is 0 Å². The molecule has 3 rings (SSSR count). The maximum Gasteiger partial charge on any atom is 0.280 e. The number of hydrogen-bond donors (Lipinski definition) is 1. The summed E-state index contributed by atoms with van der Waals surface area (Å²) in [5, 5.41) is 3.99. The van der Waals surface area contributed by atoms with Gasteiger partial charge in [-0.3, -0.25) is 4.79 Å². The van der Waals surface area contributed by atoms with Crippen LogP contribution in [0.5, 0.6) is 11.5 Å². The number of carbonyl (C=O) groups is 1. The molecule has 0 fully saturated rings. The molecule has 0 saturated heterocycles. The van der Waals surface area contributed by atoms with E-state index in [9.17, 15) is 4.79 Å². The first-order valence-electron chi connectivity index (χ1n) is 9.64. The van der Waals surface area contributed by atoms with Gasteiger partial charge in [-0.1, -0.05) is 55.1 Å². The smallest absolute Gasteiger partial charge is 0.280 e. The van der Waals surface area contributed by atoms with Gasteiger partial charge in [0.2, 0.25) is 0 Å². The van der Waals surface area contributed by atoms with Crippen molar-refractivity contribution in [2.24, 2.45) is 5.10 Å². The molecule has 152 valence electrons. The van der Waals surface area contributed by atoms with Gasteiger partial charge in [0, 0.05) is 0 Å². The third kappa shape index (κ3) is 6.07. The Labute approximate surface area is 176 Å². The van der Waals surface area contributed by atoms with Crippen LogP contribution in [0.15, 0.2) is 96.6 Å². The van der Waals surface area contributed by atoms with Gasteiger partial charge in [0.25, 0.3) is 5.91 Å². The molecule has 1 atom stereocenters. The Morgan fingerprint density at radius 2 is 1.60 bits per heavy atom. The highest BCUT2D eigenvalue weighted by Crippen LogP contribution is 2.22. The summed E-state index contributed by atoms with van der Waals surface area (Å²) in [4.78, 5) is 12.2. The Morgan fingerprint density at radius 1 is 0.967 bits per heavy atom. The van der Waals surface area contributed by atoms with Crippen molar-refractivity contribution in [3.05, 3.63) is 97.1 Å². The monoisotopic (exact) mass is 400 g/mol. The van der Waals surface area contributed by atoms with Gasteiger partial charge in [-0.15, -0.1) is 0 Å². The molecule has 1 unspecified atom stereocenters. The van der Waals surface area contributed by atoms with Gasteiger partial charge in [-0.05, 0) is 60.0 Å². The molecule has 30 heavy (non-hydrogen) atoms. The highest BCUT2D eigenvalue weighted by atomic mass is 16.5. The molecule has 0 aliphatic heterocycles. The van der Waals surface area contributed by atoms with Crippen molar-refractivity contribution in [3.8, 4) is 22.6 Å². The van der Waals surface area contributed by atoms with E-state index in [0.29, 0.717) is 12.4 Å². The zero-order valence-electron chi connectivity index (χ0n) is 16.8. The number of carbonyl (C=O) groups excluding carboxylic acids is 1. The van der Waals surface area contributed by atoms with Crippen LogP contribution < -0.4 is 14.9 Å². The second-order valence-electron chi connectivity index (χ2n) is 6.55. The lowest BCUT2D eigenvalue weighted by Crippen LogP contribution is -2.33. The summed E-state index contributed by atoms with van der Waals surface area (Å²) in [6.07, 6.45) is 2.57. The number of hydrazone groups is 1. The number of benzene rings is 3. The predicted octanol–water partition coefficient (Wildman–Crippen LogP) is 4.84. The second kappa shape index (κ2) is 10.6. The van der Waals surface area contributed by atoms with Crippen LogP contribution in [0.3, 0.4) is 0 Å². The Balaban J connectivity index is 1.49. The number of amides is 1. The summed E-state index contributed by atoms with van der Waals surface area (Å²) in [5.41, 5.74) is 5.56. The third-order valence-corrected chi connectivity index (χ3v) is 4.28. The van der Waals surface area contributed by atoms with Gasteiger partial charge in [0.15, 0.2) is 6.10 Å². The van der Waals surface area contributed by atoms with E-state index in [0.717, 1.165) is 22.4 Å². The minimum absolute atomic E-state index is 0.329. The van der Waals surface area contributed by atoms with Crippen molar-refractivity contribution in [2.75, 3.05) is 6.61 Å². The van der Waals surface area contributed by atoms with E-state index in [-0.39, 0.29) is 5.91 Å². The molecule has 0 aliphatic carbocycles. The van der Waals surface area contributed by atoms with Crippen molar-refractivity contribution in [2.45, 2.75) is 13.0 Å². The lowest BCUT2D eigenvalue weighted by Gasteiger charge is -2.13. The van der Waals surface area contributed by atoms with Gasteiger partial charge >= 0.3 is 0 Å². The van der Waals surface area contributed by atoms with Crippen molar-refractivity contribution < 1.29 is 14.3 Å². The minimum atomic E-state index is -0.681. The largest absolute Gasteiger partial charge is 0.490 e. The molecule has 0 heterocycles. The summed E-state index contributed by atoms with van der Waals surface area (Å²) >= 11 is 0. The van der Waals surface area contributed by atoms with Crippen molar-refractivity contribution in [3.63, 3.8) is 0 Å². The van der Waals surface area contributed by atoms with E-state index < -0.39 is 6.10 Å². The van der Waals surface area contributed by atoms with E-state index >= 15 is 0 Å². The molecule has 3 aromatic rings. The average molecular weight is 400 g/mol. The molecule has 0 radical (unpaired) electrons. The van der Waals surface area contributed by atoms with Crippen molar-refractivity contribution >= 4 is 12.1 Å². The highest BCUT2D eigenvalue weighted by Gasteiger charge is 2.13. The van der Waals surface area contributed by atoms with Gasteiger partial charge in [0.1, 0.15) is 18.1 Å². The minimum Gasteiger partial charge on any atom is -0.490 e. The predicted molar refractivity (Wildman–Crippen MR) is 120 cm³/mol. The third-order valence-electron chi connectivity index (χ3n) is 4.28. The maximum atomic E-state index is 12.2. The quantitative estimate of drug-likeness (QED) is 0.318. The van der Waals surface area contributed by atoms with Gasteiger partial charge < -0.3 is 9.47 Å². The molecule has 0 aliphatic rings. The highest BCUT2D eigenvalue weighted by molar-refractivity contribution is 5.84. The van der Waals surface area contributed by atoms with Crippen LogP contribution in [-0.2, 0) is 4.79 Å². The lowest BCUT2D eigenvalue weighted by molar-refractivity contribution is -0.127. The van der Waals surface area contributed by atoms with Gasteiger partial charge in [-0.25, -0.2) is 5.43 Å². The normalized spacial score (nSPS) is 11.6. The fraction of sp³-hybridized carbons (Fsp3) is 0.120. The zero-order chi connectivity index (χ0) is 21.2. The first-order chi connectivity index (χ1) is 14.7. The van der Waals surface area contributed by atoms with Crippen LogP contribution in [0.2, 0.25) is 0 Å². The molecular weight excluding hydrogens is 376 g/mol. The Hall–Kier alpha value is -3.86. The van der Waals surface area contributed by atoms with E-state index in [2.05, 4.69) is 17.1 Å². The number of hydrogen-bond acceptors (Lipinski definition) is 4. The fourth-order valence-corrected chi connectivity index (χ4v) is 2.68. The standard InChI is InChI=1S/C25H24N2O3/c1-3-17-29-23-13-9-20(10-14-23)18-26-27-25(28)19(2)30-24-15-11-22(12-16-24)21-7-5-4-6-8-21/h3-16,18-19H,1,17H2,2H3,(H,27,28). The first kappa shape index (κ1) is 20.9. The van der Waals surface area contributed by atoms with Crippen LogP contribution in [0.1, 0.15) is 12.5 Å². The van der Waals surface area contributed by atoms with E-state index in [4.69, 9.17) is 9.47 Å². The maximum absolute atomic E-state index is 12.2. The summed E-state index contributed by atoms with van der Waals surface area (Å²) < 4.78 is 11.1. The molecule has 5 nitrogen and oxygen atoms in total.